The Kier molecular flexibility index (Phi) is 3.29. The largest absolute Gasteiger partial charge is 0.389 e. The maximum Gasteiger partial charge on any atom is 0.227 e. The fraction of sp³-hybridized carbons (Fsp3) is 0.700. The number of hydrogen-bond donors (Lipinski definition) is 3. The first-order chi connectivity index (χ1) is 6.38. The molecule has 4 heteroatoms. The molecule has 4 N–H and O–H groups in total. The monoisotopic (exact) mass is 198 g/mol. The van der Waals surface area contributed by atoms with Gasteiger partial charge in [0.1, 0.15) is 0 Å². The standard InChI is InChI=1S/C10H18N2O2/c1-10(2,14)6-12-9(13)7-3-4-8(11)5-7/h3-4,7-8,14H,5-6,11H2,1-2H3,(H,12,13). The molecule has 0 heterocycles. The molecule has 14 heavy (non-hydrogen) atoms. The number of hydrogen-bond acceptors (Lipinski definition) is 3. The molecule has 1 rings (SSSR count). The van der Waals surface area contributed by atoms with Gasteiger partial charge in [-0.05, 0) is 20.3 Å². The predicted molar refractivity (Wildman–Crippen MR) is 54.5 cm³/mol. The van der Waals surface area contributed by atoms with Crippen LogP contribution >= 0.6 is 0 Å². The van der Waals surface area contributed by atoms with Crippen molar-refractivity contribution in [1.29, 1.82) is 0 Å². The molecule has 0 saturated heterocycles. The van der Waals surface area contributed by atoms with Gasteiger partial charge in [-0.3, -0.25) is 4.79 Å². The Hall–Kier alpha value is -0.870. The third-order valence-electron chi connectivity index (χ3n) is 2.15. The van der Waals surface area contributed by atoms with Gasteiger partial charge < -0.3 is 16.2 Å². The quantitative estimate of drug-likeness (QED) is 0.549. The highest BCUT2D eigenvalue weighted by molar-refractivity contribution is 5.81. The summed E-state index contributed by atoms with van der Waals surface area (Å²) >= 11 is 0. The van der Waals surface area contributed by atoms with E-state index in [1.807, 2.05) is 12.2 Å². The van der Waals surface area contributed by atoms with Crippen molar-refractivity contribution in [1.82, 2.24) is 5.32 Å². The van der Waals surface area contributed by atoms with Crippen molar-refractivity contribution in [3.05, 3.63) is 12.2 Å². The minimum absolute atomic E-state index is 0.00659. The maximum absolute atomic E-state index is 11.5. The molecule has 0 aliphatic heterocycles. The van der Waals surface area contributed by atoms with Gasteiger partial charge in [-0.2, -0.15) is 0 Å². The zero-order chi connectivity index (χ0) is 10.8. The van der Waals surface area contributed by atoms with E-state index in [4.69, 9.17) is 5.73 Å². The van der Waals surface area contributed by atoms with Gasteiger partial charge in [-0.25, -0.2) is 0 Å². The van der Waals surface area contributed by atoms with Crippen LogP contribution in [0.25, 0.3) is 0 Å². The van der Waals surface area contributed by atoms with Gasteiger partial charge in [0.2, 0.25) is 5.91 Å². The summed E-state index contributed by atoms with van der Waals surface area (Å²) in [5.41, 5.74) is 4.77. The molecule has 1 aliphatic carbocycles. The number of aliphatic hydroxyl groups is 1. The third-order valence-corrected chi connectivity index (χ3v) is 2.15. The normalized spacial score (nSPS) is 26.6. The van der Waals surface area contributed by atoms with E-state index in [1.54, 1.807) is 13.8 Å². The van der Waals surface area contributed by atoms with Crippen molar-refractivity contribution in [2.24, 2.45) is 11.7 Å². The summed E-state index contributed by atoms with van der Waals surface area (Å²) in [6.45, 7) is 3.58. The summed E-state index contributed by atoms with van der Waals surface area (Å²) in [5.74, 6) is -0.191. The van der Waals surface area contributed by atoms with Gasteiger partial charge in [0.05, 0.1) is 11.5 Å². The molecule has 1 aliphatic rings. The highest BCUT2D eigenvalue weighted by Gasteiger charge is 2.23. The van der Waals surface area contributed by atoms with Gasteiger partial charge in [0.25, 0.3) is 0 Å². The molecular weight excluding hydrogens is 180 g/mol. The average molecular weight is 198 g/mol. The van der Waals surface area contributed by atoms with E-state index in [1.165, 1.54) is 0 Å². The molecule has 80 valence electrons. The Labute approximate surface area is 84.2 Å². The Morgan fingerprint density at radius 2 is 2.29 bits per heavy atom. The lowest BCUT2D eigenvalue weighted by Gasteiger charge is -2.19. The first-order valence-electron chi connectivity index (χ1n) is 4.82. The van der Waals surface area contributed by atoms with Crippen LogP contribution in [-0.4, -0.2) is 29.2 Å². The van der Waals surface area contributed by atoms with Crippen molar-refractivity contribution < 1.29 is 9.90 Å². The van der Waals surface area contributed by atoms with Crippen LogP contribution in [0.3, 0.4) is 0 Å². The number of carbonyl (C=O) groups is 1. The smallest absolute Gasteiger partial charge is 0.227 e. The van der Waals surface area contributed by atoms with Gasteiger partial charge in [-0.1, -0.05) is 12.2 Å². The van der Waals surface area contributed by atoms with E-state index in [-0.39, 0.29) is 24.4 Å². The second-order valence-electron chi connectivity index (χ2n) is 4.42. The zero-order valence-electron chi connectivity index (χ0n) is 8.66. The summed E-state index contributed by atoms with van der Waals surface area (Å²) in [6, 6.07) is -0.00659. The Morgan fingerprint density at radius 1 is 1.64 bits per heavy atom. The molecule has 0 aromatic heterocycles. The summed E-state index contributed by atoms with van der Waals surface area (Å²) in [7, 11) is 0. The summed E-state index contributed by atoms with van der Waals surface area (Å²) in [5, 5.41) is 12.1. The fourth-order valence-corrected chi connectivity index (χ4v) is 1.36. The van der Waals surface area contributed by atoms with Gasteiger partial charge in [0, 0.05) is 12.6 Å². The second kappa shape index (κ2) is 4.11. The molecule has 0 radical (unpaired) electrons. The zero-order valence-corrected chi connectivity index (χ0v) is 8.66. The van der Waals surface area contributed by atoms with E-state index in [0.29, 0.717) is 6.42 Å². The van der Waals surface area contributed by atoms with Crippen LogP contribution in [0.1, 0.15) is 20.3 Å². The van der Waals surface area contributed by atoms with Crippen LogP contribution in [0.5, 0.6) is 0 Å². The van der Waals surface area contributed by atoms with E-state index >= 15 is 0 Å². The summed E-state index contributed by atoms with van der Waals surface area (Å²) in [4.78, 5) is 11.5. The summed E-state index contributed by atoms with van der Waals surface area (Å²) < 4.78 is 0. The fourth-order valence-electron chi connectivity index (χ4n) is 1.36. The number of nitrogens with two attached hydrogens (primary N) is 1. The molecule has 0 fully saturated rings. The van der Waals surface area contributed by atoms with Crippen LogP contribution in [0, 0.1) is 5.92 Å². The number of rotatable bonds is 3. The van der Waals surface area contributed by atoms with Gasteiger partial charge >= 0.3 is 0 Å². The molecular formula is C10H18N2O2. The SMILES string of the molecule is CC(C)(O)CNC(=O)C1C=CC(N)C1. The van der Waals surface area contributed by atoms with Gasteiger partial charge in [-0.15, -0.1) is 0 Å². The van der Waals surface area contributed by atoms with Crippen molar-refractivity contribution >= 4 is 5.91 Å². The van der Waals surface area contributed by atoms with Crippen LogP contribution in [0.4, 0.5) is 0 Å². The van der Waals surface area contributed by atoms with Crippen LogP contribution in [0.2, 0.25) is 0 Å². The molecule has 1 amide bonds. The molecule has 0 aromatic carbocycles. The molecule has 2 atom stereocenters. The first kappa shape index (κ1) is 11.2. The Bertz CT molecular complexity index is 243. The molecule has 0 aromatic rings. The number of carbonyl (C=O) groups excluding carboxylic acids is 1. The summed E-state index contributed by atoms with van der Waals surface area (Å²) in [6.07, 6.45) is 4.33. The second-order valence-corrected chi connectivity index (χ2v) is 4.42. The highest BCUT2D eigenvalue weighted by Crippen LogP contribution is 2.16. The van der Waals surface area contributed by atoms with E-state index < -0.39 is 5.60 Å². The molecule has 4 nitrogen and oxygen atoms in total. The average Bonchev–Trinajstić information content (AvgIpc) is 2.46. The number of amides is 1. The Morgan fingerprint density at radius 3 is 2.71 bits per heavy atom. The molecule has 0 bridgehead atoms. The van der Waals surface area contributed by atoms with Crippen LogP contribution in [-0.2, 0) is 4.79 Å². The Balaban J connectivity index is 2.33. The van der Waals surface area contributed by atoms with Crippen LogP contribution in [0.15, 0.2) is 12.2 Å². The van der Waals surface area contributed by atoms with E-state index in [2.05, 4.69) is 5.32 Å². The third kappa shape index (κ3) is 3.47. The lowest BCUT2D eigenvalue weighted by molar-refractivity contribution is -0.124. The van der Waals surface area contributed by atoms with Crippen molar-refractivity contribution in [3.63, 3.8) is 0 Å². The number of nitrogens with one attached hydrogen (secondary N) is 1. The topological polar surface area (TPSA) is 75.3 Å². The van der Waals surface area contributed by atoms with Gasteiger partial charge in [0.15, 0.2) is 0 Å². The lowest BCUT2D eigenvalue weighted by Crippen LogP contribution is -2.40. The first-order valence-corrected chi connectivity index (χ1v) is 4.82. The lowest BCUT2D eigenvalue weighted by atomic mass is 10.1. The van der Waals surface area contributed by atoms with E-state index in [9.17, 15) is 9.90 Å². The highest BCUT2D eigenvalue weighted by atomic mass is 16.3. The molecule has 2 unspecified atom stereocenters. The van der Waals surface area contributed by atoms with E-state index in [0.717, 1.165) is 0 Å². The minimum atomic E-state index is -0.861. The molecule has 0 spiro atoms. The maximum atomic E-state index is 11.5. The predicted octanol–water partition coefficient (Wildman–Crippen LogP) is -0.223. The molecule has 0 saturated carbocycles. The van der Waals surface area contributed by atoms with Crippen molar-refractivity contribution in [3.8, 4) is 0 Å². The van der Waals surface area contributed by atoms with Crippen molar-refractivity contribution in [2.75, 3.05) is 6.54 Å². The van der Waals surface area contributed by atoms with Crippen molar-refractivity contribution in [2.45, 2.75) is 31.9 Å². The van der Waals surface area contributed by atoms with Crippen LogP contribution < -0.4 is 11.1 Å². The minimum Gasteiger partial charge on any atom is -0.389 e.